The number of hydrogen-bond donors (Lipinski definition) is 1. The fourth-order valence-corrected chi connectivity index (χ4v) is 1.68. The van der Waals surface area contributed by atoms with E-state index in [1.807, 2.05) is 32.0 Å². The van der Waals surface area contributed by atoms with Gasteiger partial charge in [0, 0.05) is 6.04 Å². The first-order valence-electron chi connectivity index (χ1n) is 7.09. The number of ether oxygens (including phenoxy) is 2. The van der Waals surface area contributed by atoms with E-state index >= 15 is 0 Å². The molecule has 1 amide bonds. The van der Waals surface area contributed by atoms with Gasteiger partial charge in [-0.1, -0.05) is 32.9 Å². The van der Waals surface area contributed by atoms with Crippen LogP contribution in [0.5, 0.6) is 11.5 Å². The summed E-state index contributed by atoms with van der Waals surface area (Å²) >= 11 is 0. The molecule has 20 heavy (non-hydrogen) atoms. The van der Waals surface area contributed by atoms with Crippen LogP contribution in [-0.2, 0) is 4.79 Å². The van der Waals surface area contributed by atoms with Crippen molar-refractivity contribution in [3.63, 3.8) is 0 Å². The Morgan fingerprint density at radius 3 is 2.30 bits per heavy atom. The summed E-state index contributed by atoms with van der Waals surface area (Å²) in [4.78, 5) is 12.2. The lowest BCUT2D eigenvalue weighted by Crippen LogP contribution is -2.44. The van der Waals surface area contributed by atoms with Crippen LogP contribution in [0.1, 0.15) is 34.1 Å². The molecule has 0 aliphatic carbocycles. The van der Waals surface area contributed by atoms with Crippen molar-refractivity contribution in [3.8, 4) is 11.5 Å². The Morgan fingerprint density at radius 1 is 1.20 bits per heavy atom. The Balaban J connectivity index is 2.74. The lowest BCUT2D eigenvalue weighted by atomic mass is 10.1. The van der Waals surface area contributed by atoms with E-state index in [9.17, 15) is 4.79 Å². The maximum Gasteiger partial charge on any atom is 0.261 e. The van der Waals surface area contributed by atoms with Gasteiger partial charge in [-0.2, -0.15) is 0 Å². The molecule has 1 aromatic carbocycles. The molecule has 0 heterocycles. The summed E-state index contributed by atoms with van der Waals surface area (Å²) in [5.74, 6) is 1.53. The number of hydrogen-bond acceptors (Lipinski definition) is 3. The zero-order valence-corrected chi connectivity index (χ0v) is 13.0. The maximum atomic E-state index is 12.2. The van der Waals surface area contributed by atoms with Crippen molar-refractivity contribution in [2.45, 2.75) is 46.3 Å². The van der Waals surface area contributed by atoms with E-state index in [1.54, 1.807) is 13.2 Å². The minimum Gasteiger partial charge on any atom is -0.493 e. The third kappa shape index (κ3) is 4.44. The molecule has 0 radical (unpaired) electrons. The van der Waals surface area contributed by atoms with E-state index < -0.39 is 6.10 Å². The molecule has 0 fully saturated rings. The first-order valence-corrected chi connectivity index (χ1v) is 7.09. The van der Waals surface area contributed by atoms with E-state index in [0.717, 1.165) is 0 Å². The summed E-state index contributed by atoms with van der Waals surface area (Å²) in [6, 6.07) is 7.47. The van der Waals surface area contributed by atoms with Crippen LogP contribution in [0.25, 0.3) is 0 Å². The number of carbonyl (C=O) groups is 1. The van der Waals surface area contributed by atoms with Crippen LogP contribution < -0.4 is 14.8 Å². The van der Waals surface area contributed by atoms with E-state index in [0.29, 0.717) is 23.8 Å². The van der Waals surface area contributed by atoms with Crippen molar-refractivity contribution in [1.82, 2.24) is 5.32 Å². The van der Waals surface area contributed by atoms with Crippen LogP contribution >= 0.6 is 0 Å². The molecule has 0 saturated carbocycles. The van der Waals surface area contributed by atoms with Crippen LogP contribution in [-0.4, -0.2) is 25.2 Å². The number of carbonyl (C=O) groups excluding carboxylic acids is 1. The van der Waals surface area contributed by atoms with Gasteiger partial charge in [0.1, 0.15) is 0 Å². The molecule has 4 nitrogen and oxygen atoms in total. The Labute approximate surface area is 121 Å². The summed E-state index contributed by atoms with van der Waals surface area (Å²) in [6.45, 7) is 8.08. The quantitative estimate of drug-likeness (QED) is 0.834. The van der Waals surface area contributed by atoms with E-state index in [-0.39, 0.29) is 11.9 Å². The first kappa shape index (κ1) is 16.3. The monoisotopic (exact) mass is 279 g/mol. The highest BCUT2D eigenvalue weighted by atomic mass is 16.5. The van der Waals surface area contributed by atoms with Crippen LogP contribution in [0.15, 0.2) is 24.3 Å². The highest BCUT2D eigenvalue weighted by Crippen LogP contribution is 2.27. The number of methoxy groups -OCH3 is 1. The average Bonchev–Trinajstić information content (AvgIpc) is 2.44. The Morgan fingerprint density at radius 2 is 1.80 bits per heavy atom. The van der Waals surface area contributed by atoms with Crippen LogP contribution in [0, 0.1) is 5.92 Å². The molecule has 4 heteroatoms. The average molecular weight is 279 g/mol. The number of rotatable bonds is 7. The summed E-state index contributed by atoms with van der Waals surface area (Å²) in [5.41, 5.74) is 0. The second-order valence-corrected chi connectivity index (χ2v) is 5.21. The van der Waals surface area contributed by atoms with Gasteiger partial charge in [-0.05, 0) is 31.4 Å². The van der Waals surface area contributed by atoms with Gasteiger partial charge in [-0.3, -0.25) is 4.79 Å². The zero-order valence-electron chi connectivity index (χ0n) is 13.0. The van der Waals surface area contributed by atoms with Crippen LogP contribution in [0.4, 0.5) is 0 Å². The van der Waals surface area contributed by atoms with E-state index in [1.165, 1.54) is 0 Å². The van der Waals surface area contributed by atoms with Gasteiger partial charge in [0.05, 0.1) is 7.11 Å². The highest BCUT2D eigenvalue weighted by Gasteiger charge is 2.22. The molecule has 0 aliphatic rings. The smallest absolute Gasteiger partial charge is 0.261 e. The molecule has 2 atom stereocenters. The van der Waals surface area contributed by atoms with Gasteiger partial charge < -0.3 is 14.8 Å². The van der Waals surface area contributed by atoms with Crippen LogP contribution in [0.2, 0.25) is 0 Å². The van der Waals surface area contributed by atoms with Crippen LogP contribution in [0.3, 0.4) is 0 Å². The summed E-state index contributed by atoms with van der Waals surface area (Å²) in [5, 5.41) is 2.98. The molecule has 0 bridgehead atoms. The van der Waals surface area contributed by atoms with Gasteiger partial charge in [0.15, 0.2) is 17.6 Å². The van der Waals surface area contributed by atoms with Crippen molar-refractivity contribution >= 4 is 5.91 Å². The molecule has 1 N–H and O–H groups in total. The normalized spacial score (nSPS) is 13.7. The molecule has 1 aromatic rings. The zero-order chi connectivity index (χ0) is 15.1. The molecule has 0 aliphatic heterocycles. The third-order valence-corrected chi connectivity index (χ3v) is 3.37. The first-order chi connectivity index (χ1) is 9.49. The molecule has 1 rings (SSSR count). The van der Waals surface area contributed by atoms with Crippen molar-refractivity contribution in [2.75, 3.05) is 7.11 Å². The largest absolute Gasteiger partial charge is 0.493 e. The second-order valence-electron chi connectivity index (χ2n) is 5.21. The number of nitrogens with one attached hydrogen (secondary N) is 1. The Bertz CT molecular complexity index is 431. The minimum absolute atomic E-state index is 0.0837. The number of para-hydroxylation sites is 2. The molecular formula is C16H25NO3. The maximum absolute atomic E-state index is 12.2. The fourth-order valence-electron chi connectivity index (χ4n) is 1.68. The SMILES string of the molecule is CC[C@H](Oc1ccccc1OC)C(=O)N[C@H](C)C(C)C. The van der Waals surface area contributed by atoms with Gasteiger partial charge in [0.25, 0.3) is 5.91 Å². The van der Waals surface area contributed by atoms with Crippen molar-refractivity contribution in [3.05, 3.63) is 24.3 Å². The molecular weight excluding hydrogens is 254 g/mol. The van der Waals surface area contributed by atoms with E-state index in [4.69, 9.17) is 9.47 Å². The predicted octanol–water partition coefficient (Wildman–Crippen LogP) is 3.01. The highest BCUT2D eigenvalue weighted by molar-refractivity contribution is 5.81. The summed E-state index contributed by atoms with van der Waals surface area (Å²) in [7, 11) is 1.59. The van der Waals surface area contributed by atoms with Gasteiger partial charge in [-0.25, -0.2) is 0 Å². The minimum atomic E-state index is -0.507. The summed E-state index contributed by atoms with van der Waals surface area (Å²) in [6.07, 6.45) is 0.0989. The molecule has 0 saturated heterocycles. The lowest BCUT2D eigenvalue weighted by molar-refractivity contribution is -0.129. The van der Waals surface area contributed by atoms with Gasteiger partial charge in [-0.15, -0.1) is 0 Å². The lowest BCUT2D eigenvalue weighted by Gasteiger charge is -2.23. The van der Waals surface area contributed by atoms with Crippen molar-refractivity contribution in [1.29, 1.82) is 0 Å². The molecule has 112 valence electrons. The molecule has 0 aromatic heterocycles. The molecule has 0 spiro atoms. The predicted molar refractivity (Wildman–Crippen MR) is 80.1 cm³/mol. The van der Waals surface area contributed by atoms with Gasteiger partial charge >= 0.3 is 0 Å². The fraction of sp³-hybridized carbons (Fsp3) is 0.562. The van der Waals surface area contributed by atoms with E-state index in [2.05, 4.69) is 19.2 Å². The number of benzene rings is 1. The second kappa shape index (κ2) is 7.78. The third-order valence-electron chi connectivity index (χ3n) is 3.37. The Kier molecular flexibility index (Phi) is 6.36. The van der Waals surface area contributed by atoms with Gasteiger partial charge in [0.2, 0.25) is 0 Å². The molecule has 0 unspecified atom stereocenters. The topological polar surface area (TPSA) is 47.6 Å². The van der Waals surface area contributed by atoms with Crippen molar-refractivity contribution in [2.24, 2.45) is 5.92 Å². The Hall–Kier alpha value is -1.71. The van der Waals surface area contributed by atoms with Crippen molar-refractivity contribution < 1.29 is 14.3 Å². The standard InChI is InChI=1S/C16H25NO3/c1-6-13(16(18)17-12(4)11(2)3)20-15-10-8-7-9-14(15)19-5/h7-13H,6H2,1-5H3,(H,17,18)/t12-,13+/m1/s1. The number of amides is 1. The summed E-state index contributed by atoms with van der Waals surface area (Å²) < 4.78 is 11.0.